The highest BCUT2D eigenvalue weighted by Crippen LogP contribution is 2.30. The van der Waals surface area contributed by atoms with Crippen molar-refractivity contribution in [2.75, 3.05) is 32.7 Å². The molecule has 178 valence electrons. The molecule has 0 saturated carbocycles. The van der Waals surface area contributed by atoms with Crippen molar-refractivity contribution in [2.24, 2.45) is 0 Å². The molecule has 1 N–H and O–H groups in total. The number of nitrogens with zero attached hydrogens (tertiary/aromatic N) is 2. The standard InChI is InChI=1S/C25H31F2N3O3/c1-25(2,3)33-24(32)28-13-12-22(31)29-14-16-30(17-15-29)23(18-4-8-20(26)9-5-18)19-6-10-21(27)11-7-19/h4-11,23H,12-17H2,1-3H3,(H,28,32). The molecular weight excluding hydrogens is 428 g/mol. The van der Waals surface area contributed by atoms with Crippen molar-refractivity contribution in [1.29, 1.82) is 0 Å². The molecular formula is C25H31F2N3O3. The number of piperazine rings is 1. The van der Waals surface area contributed by atoms with Crippen molar-refractivity contribution in [3.8, 4) is 0 Å². The lowest BCUT2D eigenvalue weighted by Crippen LogP contribution is -2.50. The molecule has 0 spiro atoms. The molecule has 1 aliphatic heterocycles. The Kier molecular flexibility index (Phi) is 8.02. The van der Waals surface area contributed by atoms with Crippen LogP contribution in [0.1, 0.15) is 44.4 Å². The lowest BCUT2D eigenvalue weighted by molar-refractivity contribution is -0.133. The van der Waals surface area contributed by atoms with Crippen molar-refractivity contribution in [3.63, 3.8) is 0 Å². The molecule has 3 rings (SSSR count). The van der Waals surface area contributed by atoms with Crippen LogP contribution in [-0.4, -0.2) is 60.1 Å². The largest absolute Gasteiger partial charge is 0.444 e. The molecule has 1 fully saturated rings. The number of carbonyl (C=O) groups is 2. The lowest BCUT2D eigenvalue weighted by Gasteiger charge is -2.40. The van der Waals surface area contributed by atoms with Gasteiger partial charge in [0, 0.05) is 39.1 Å². The number of hydrogen-bond acceptors (Lipinski definition) is 4. The summed E-state index contributed by atoms with van der Waals surface area (Å²) in [6, 6.07) is 12.5. The fourth-order valence-electron chi connectivity index (χ4n) is 3.88. The molecule has 1 aliphatic rings. The maximum Gasteiger partial charge on any atom is 0.407 e. The number of rotatable bonds is 6. The van der Waals surface area contributed by atoms with Gasteiger partial charge in [0.1, 0.15) is 17.2 Å². The highest BCUT2D eigenvalue weighted by Gasteiger charge is 2.28. The number of amides is 2. The van der Waals surface area contributed by atoms with E-state index in [9.17, 15) is 18.4 Å². The minimum absolute atomic E-state index is 0.0363. The first-order chi connectivity index (χ1) is 15.6. The summed E-state index contributed by atoms with van der Waals surface area (Å²) >= 11 is 0. The third-order valence-electron chi connectivity index (χ3n) is 5.41. The van der Waals surface area contributed by atoms with Gasteiger partial charge in [-0.3, -0.25) is 9.69 Å². The molecule has 1 saturated heterocycles. The number of benzene rings is 2. The van der Waals surface area contributed by atoms with E-state index in [2.05, 4.69) is 10.2 Å². The van der Waals surface area contributed by atoms with Crippen LogP contribution in [0.3, 0.4) is 0 Å². The average Bonchev–Trinajstić information content (AvgIpc) is 2.76. The van der Waals surface area contributed by atoms with Gasteiger partial charge in [-0.05, 0) is 56.2 Å². The maximum absolute atomic E-state index is 13.5. The van der Waals surface area contributed by atoms with E-state index < -0.39 is 11.7 Å². The monoisotopic (exact) mass is 459 g/mol. The van der Waals surface area contributed by atoms with Crippen LogP contribution in [0.25, 0.3) is 0 Å². The van der Waals surface area contributed by atoms with E-state index in [1.165, 1.54) is 24.3 Å². The number of alkyl carbamates (subject to hydrolysis) is 1. The van der Waals surface area contributed by atoms with Gasteiger partial charge in [0.25, 0.3) is 0 Å². The summed E-state index contributed by atoms with van der Waals surface area (Å²) in [6.07, 6.45) is -0.347. The van der Waals surface area contributed by atoms with Crippen LogP contribution in [0, 0.1) is 11.6 Å². The molecule has 33 heavy (non-hydrogen) atoms. The summed E-state index contributed by atoms with van der Waals surface area (Å²) in [5.41, 5.74) is 1.23. The summed E-state index contributed by atoms with van der Waals surface area (Å²) in [5, 5.41) is 2.61. The molecule has 0 radical (unpaired) electrons. The Bertz CT molecular complexity index is 889. The molecule has 1 heterocycles. The van der Waals surface area contributed by atoms with E-state index >= 15 is 0 Å². The molecule has 6 nitrogen and oxygen atoms in total. The third kappa shape index (κ3) is 7.25. The molecule has 2 aromatic carbocycles. The highest BCUT2D eigenvalue weighted by atomic mass is 19.1. The van der Waals surface area contributed by atoms with Crippen LogP contribution in [0.5, 0.6) is 0 Å². The van der Waals surface area contributed by atoms with E-state index in [0.717, 1.165) is 11.1 Å². The van der Waals surface area contributed by atoms with Crippen LogP contribution in [0.4, 0.5) is 13.6 Å². The smallest absolute Gasteiger partial charge is 0.407 e. The van der Waals surface area contributed by atoms with Crippen LogP contribution >= 0.6 is 0 Å². The predicted molar refractivity (Wildman–Crippen MR) is 122 cm³/mol. The maximum atomic E-state index is 13.5. The van der Waals surface area contributed by atoms with E-state index in [4.69, 9.17) is 4.74 Å². The minimum atomic E-state index is -0.587. The van der Waals surface area contributed by atoms with Gasteiger partial charge in [-0.1, -0.05) is 24.3 Å². The predicted octanol–water partition coefficient (Wildman–Crippen LogP) is 4.11. The first kappa shape index (κ1) is 24.6. The van der Waals surface area contributed by atoms with Crippen LogP contribution < -0.4 is 5.32 Å². The van der Waals surface area contributed by atoms with Gasteiger partial charge in [-0.2, -0.15) is 0 Å². The number of nitrogens with one attached hydrogen (secondary N) is 1. The summed E-state index contributed by atoms with van der Waals surface area (Å²) in [4.78, 5) is 28.3. The Morgan fingerprint density at radius 1 is 0.909 bits per heavy atom. The first-order valence-electron chi connectivity index (χ1n) is 11.1. The fraction of sp³-hybridized carbons (Fsp3) is 0.440. The van der Waals surface area contributed by atoms with Gasteiger partial charge in [0.05, 0.1) is 6.04 Å². The first-order valence-corrected chi connectivity index (χ1v) is 11.1. The second kappa shape index (κ2) is 10.7. The molecule has 0 aliphatic carbocycles. The van der Waals surface area contributed by atoms with Crippen molar-refractivity contribution in [3.05, 3.63) is 71.3 Å². The summed E-state index contributed by atoms with van der Waals surface area (Å²) in [6.45, 7) is 7.85. The molecule has 0 atom stereocenters. The molecule has 2 aromatic rings. The molecule has 0 bridgehead atoms. The number of hydrogen-bond donors (Lipinski definition) is 1. The Hall–Kier alpha value is -3.00. The number of carbonyl (C=O) groups excluding carboxylic acids is 2. The summed E-state index contributed by atoms with van der Waals surface area (Å²) < 4.78 is 32.1. The minimum Gasteiger partial charge on any atom is -0.444 e. The van der Waals surface area contributed by atoms with Gasteiger partial charge < -0.3 is 15.0 Å². The van der Waals surface area contributed by atoms with Crippen LogP contribution in [-0.2, 0) is 9.53 Å². The summed E-state index contributed by atoms with van der Waals surface area (Å²) in [5.74, 6) is -0.662. The Balaban J connectivity index is 1.58. The topological polar surface area (TPSA) is 61.9 Å². The van der Waals surface area contributed by atoms with Crippen molar-refractivity contribution in [1.82, 2.24) is 15.1 Å². The SMILES string of the molecule is CC(C)(C)OC(=O)NCCC(=O)N1CCN(C(c2ccc(F)cc2)c2ccc(F)cc2)CC1. The van der Waals surface area contributed by atoms with Gasteiger partial charge >= 0.3 is 6.09 Å². The number of ether oxygens (including phenoxy) is 1. The van der Waals surface area contributed by atoms with Gasteiger partial charge in [-0.25, -0.2) is 13.6 Å². The van der Waals surface area contributed by atoms with Crippen LogP contribution in [0.15, 0.2) is 48.5 Å². The molecule has 8 heteroatoms. The third-order valence-corrected chi connectivity index (χ3v) is 5.41. The quantitative estimate of drug-likeness (QED) is 0.706. The molecule has 2 amide bonds. The molecule has 0 unspecified atom stereocenters. The average molecular weight is 460 g/mol. The lowest BCUT2D eigenvalue weighted by atomic mass is 9.96. The fourth-order valence-corrected chi connectivity index (χ4v) is 3.88. The van der Waals surface area contributed by atoms with E-state index in [-0.39, 0.29) is 36.5 Å². The number of halogens is 2. The Labute approximate surface area is 193 Å². The van der Waals surface area contributed by atoms with Gasteiger partial charge in [0.15, 0.2) is 0 Å². The second-order valence-corrected chi connectivity index (χ2v) is 9.10. The Morgan fingerprint density at radius 3 is 1.85 bits per heavy atom. The normalized spacial score (nSPS) is 14.9. The molecule has 0 aromatic heterocycles. The van der Waals surface area contributed by atoms with E-state index in [1.807, 2.05) is 0 Å². The van der Waals surface area contributed by atoms with E-state index in [0.29, 0.717) is 26.2 Å². The van der Waals surface area contributed by atoms with Crippen molar-refractivity contribution < 1.29 is 23.1 Å². The van der Waals surface area contributed by atoms with Crippen molar-refractivity contribution >= 4 is 12.0 Å². The van der Waals surface area contributed by atoms with Crippen molar-refractivity contribution in [2.45, 2.75) is 38.8 Å². The zero-order valence-corrected chi connectivity index (χ0v) is 19.3. The Morgan fingerprint density at radius 2 is 1.39 bits per heavy atom. The van der Waals surface area contributed by atoms with E-state index in [1.54, 1.807) is 49.9 Å². The second-order valence-electron chi connectivity index (χ2n) is 9.10. The van der Waals surface area contributed by atoms with Gasteiger partial charge in [-0.15, -0.1) is 0 Å². The van der Waals surface area contributed by atoms with Crippen LogP contribution in [0.2, 0.25) is 0 Å². The zero-order chi connectivity index (χ0) is 24.0. The van der Waals surface area contributed by atoms with Gasteiger partial charge in [0.2, 0.25) is 5.91 Å². The summed E-state index contributed by atoms with van der Waals surface area (Å²) in [7, 11) is 0. The zero-order valence-electron chi connectivity index (χ0n) is 19.3. The highest BCUT2D eigenvalue weighted by molar-refractivity contribution is 5.77.